The largest absolute Gasteiger partial charge is 0.505 e. The molecule has 7 heteroatoms. The highest BCUT2D eigenvalue weighted by Gasteiger charge is 2.23. The molecule has 1 amide bonds. The molecule has 0 spiro atoms. The molecule has 0 aliphatic carbocycles. The Morgan fingerprint density at radius 1 is 0.931 bits per heavy atom. The lowest BCUT2D eigenvalue weighted by Gasteiger charge is -2.17. The van der Waals surface area contributed by atoms with Gasteiger partial charge in [-0.1, -0.05) is 50.2 Å². The van der Waals surface area contributed by atoms with Crippen molar-refractivity contribution in [1.82, 2.24) is 4.90 Å². The van der Waals surface area contributed by atoms with Crippen LogP contribution in [0.5, 0.6) is 5.75 Å². The average molecular weight is 395 g/mol. The maximum absolute atomic E-state index is 12.1. The van der Waals surface area contributed by atoms with E-state index in [1.54, 1.807) is 20.2 Å². The van der Waals surface area contributed by atoms with Crippen LogP contribution in [0.15, 0.2) is 58.1 Å². The quantitative estimate of drug-likeness (QED) is 0.438. The van der Waals surface area contributed by atoms with Crippen LogP contribution in [0.1, 0.15) is 29.8 Å². The van der Waals surface area contributed by atoms with Gasteiger partial charge in [0.15, 0.2) is 5.75 Å². The molecule has 0 saturated heterocycles. The highest BCUT2D eigenvalue weighted by atomic mass is 16.3. The average Bonchev–Trinajstić information content (AvgIpc) is 2.75. The summed E-state index contributed by atoms with van der Waals surface area (Å²) in [5.74, 6) is -0.651. The van der Waals surface area contributed by atoms with E-state index < -0.39 is 10.9 Å². The monoisotopic (exact) mass is 395 g/mol. The van der Waals surface area contributed by atoms with Gasteiger partial charge < -0.3 is 20.6 Å². The first kappa shape index (κ1) is 21.7. The Labute approximate surface area is 169 Å². The van der Waals surface area contributed by atoms with Crippen molar-refractivity contribution in [3.8, 4) is 5.75 Å². The summed E-state index contributed by atoms with van der Waals surface area (Å²) in [6.45, 7) is 4.38. The van der Waals surface area contributed by atoms with Gasteiger partial charge in [-0.15, -0.1) is 0 Å². The smallest absolute Gasteiger partial charge is 0.257 e. The number of rotatable bonds is 6. The molecule has 0 aromatic heterocycles. The summed E-state index contributed by atoms with van der Waals surface area (Å²) in [5.41, 5.74) is 0.175. The summed E-state index contributed by atoms with van der Waals surface area (Å²) >= 11 is 0. The number of benzene rings is 2. The molecule has 7 nitrogen and oxygen atoms in total. The molecule has 3 aromatic rings. The number of amides is 1. The Kier molecular flexibility index (Phi) is 7.14. The second-order valence-corrected chi connectivity index (χ2v) is 6.27. The van der Waals surface area contributed by atoms with Crippen molar-refractivity contribution in [1.29, 1.82) is 0 Å². The van der Waals surface area contributed by atoms with Gasteiger partial charge >= 0.3 is 0 Å². The molecule has 29 heavy (non-hydrogen) atoms. The van der Waals surface area contributed by atoms with Gasteiger partial charge in [0.1, 0.15) is 11.4 Å². The number of nitrogens with zero attached hydrogens (tertiary/aromatic N) is 1. The van der Waals surface area contributed by atoms with Gasteiger partial charge in [0.05, 0.1) is 11.3 Å². The normalized spacial score (nSPS) is 10.1. The Morgan fingerprint density at radius 3 is 2.17 bits per heavy atom. The van der Waals surface area contributed by atoms with E-state index in [1.165, 1.54) is 17.0 Å². The summed E-state index contributed by atoms with van der Waals surface area (Å²) in [7, 11) is 3.15. The van der Waals surface area contributed by atoms with Crippen LogP contribution in [0.25, 0.3) is 0 Å². The number of para-hydroxylation sites is 1. The molecule has 0 heterocycles. The SMILES string of the molecule is CC.CN(C)C(=O)c1cccc(Nc2c(NCc3ccccc3)c(=O)c2=O)c1O. The summed E-state index contributed by atoms with van der Waals surface area (Å²) in [4.78, 5) is 37.3. The van der Waals surface area contributed by atoms with Gasteiger partial charge in [-0.05, 0) is 17.7 Å². The number of anilines is 3. The summed E-state index contributed by atoms with van der Waals surface area (Å²) in [5, 5.41) is 16.1. The van der Waals surface area contributed by atoms with E-state index in [1.807, 2.05) is 44.2 Å². The zero-order chi connectivity index (χ0) is 21.6. The predicted octanol–water partition coefficient (Wildman–Crippen LogP) is 3.07. The number of carbonyl (C=O) groups excluding carboxylic acids is 1. The number of hydrogen-bond acceptors (Lipinski definition) is 6. The molecular formula is C22H25N3O4. The fraction of sp³-hybridized carbons (Fsp3) is 0.227. The van der Waals surface area contributed by atoms with Crippen LogP contribution >= 0.6 is 0 Å². The van der Waals surface area contributed by atoms with E-state index in [4.69, 9.17) is 0 Å². The number of nitrogens with one attached hydrogen (secondary N) is 2. The first-order valence-corrected chi connectivity index (χ1v) is 9.32. The first-order valence-electron chi connectivity index (χ1n) is 9.32. The minimum Gasteiger partial charge on any atom is -0.505 e. The third-order valence-electron chi connectivity index (χ3n) is 4.15. The Balaban J connectivity index is 0.00000145. The van der Waals surface area contributed by atoms with Crippen LogP contribution in [0.2, 0.25) is 0 Å². The Morgan fingerprint density at radius 2 is 1.55 bits per heavy atom. The molecule has 0 bridgehead atoms. The molecule has 3 aromatic carbocycles. The van der Waals surface area contributed by atoms with Gasteiger partial charge in [0, 0.05) is 20.6 Å². The number of hydrogen-bond donors (Lipinski definition) is 3. The number of carbonyl (C=O) groups is 1. The minimum absolute atomic E-state index is 0.0701. The van der Waals surface area contributed by atoms with Crippen molar-refractivity contribution in [2.45, 2.75) is 20.4 Å². The molecular weight excluding hydrogens is 370 g/mol. The highest BCUT2D eigenvalue weighted by molar-refractivity contribution is 5.99. The molecule has 0 fully saturated rings. The van der Waals surface area contributed by atoms with Gasteiger partial charge in [0.25, 0.3) is 16.8 Å². The summed E-state index contributed by atoms with van der Waals surface area (Å²) < 4.78 is 0. The third kappa shape index (κ3) is 4.63. The van der Waals surface area contributed by atoms with Gasteiger partial charge in [-0.3, -0.25) is 14.4 Å². The molecule has 3 rings (SSSR count). The standard InChI is InChI=1S/C20H19N3O4.C2H6/c1-23(2)20(27)13-9-6-10-14(17(13)24)22-16-15(18(25)19(16)26)21-11-12-7-4-3-5-8-12;1-2/h3-10,21-22,24H,11H2,1-2H3;1-2H3. The highest BCUT2D eigenvalue weighted by Crippen LogP contribution is 2.32. The first-order chi connectivity index (χ1) is 13.9. The maximum atomic E-state index is 12.1. The third-order valence-corrected chi connectivity index (χ3v) is 4.15. The lowest BCUT2D eigenvalue weighted by Crippen LogP contribution is -2.36. The number of phenolic OH excluding ortho intramolecular Hbond substituents is 1. The van der Waals surface area contributed by atoms with Crippen molar-refractivity contribution >= 4 is 23.0 Å². The second-order valence-electron chi connectivity index (χ2n) is 6.27. The van der Waals surface area contributed by atoms with E-state index in [0.717, 1.165) is 5.56 Å². The van der Waals surface area contributed by atoms with Crippen LogP contribution in [-0.4, -0.2) is 30.0 Å². The van der Waals surface area contributed by atoms with Crippen LogP contribution in [0.3, 0.4) is 0 Å². The Bertz CT molecular complexity index is 1050. The van der Waals surface area contributed by atoms with Crippen molar-refractivity contribution < 1.29 is 9.90 Å². The fourth-order valence-corrected chi connectivity index (χ4v) is 2.66. The van der Waals surface area contributed by atoms with Crippen LogP contribution in [-0.2, 0) is 6.54 Å². The lowest BCUT2D eigenvalue weighted by atomic mass is 10.1. The zero-order valence-corrected chi connectivity index (χ0v) is 16.9. The van der Waals surface area contributed by atoms with Gasteiger partial charge in [0.2, 0.25) is 0 Å². The van der Waals surface area contributed by atoms with E-state index in [9.17, 15) is 19.5 Å². The summed E-state index contributed by atoms with van der Waals surface area (Å²) in [6.07, 6.45) is 0. The molecule has 3 N–H and O–H groups in total. The molecule has 0 saturated carbocycles. The van der Waals surface area contributed by atoms with E-state index in [-0.39, 0.29) is 34.3 Å². The van der Waals surface area contributed by atoms with Crippen LogP contribution in [0.4, 0.5) is 17.1 Å². The summed E-state index contributed by atoms with van der Waals surface area (Å²) in [6, 6.07) is 14.0. The number of aromatic hydroxyl groups is 1. The molecule has 0 radical (unpaired) electrons. The van der Waals surface area contributed by atoms with Crippen molar-refractivity contribution in [3.63, 3.8) is 0 Å². The fourth-order valence-electron chi connectivity index (χ4n) is 2.66. The van der Waals surface area contributed by atoms with E-state index in [0.29, 0.717) is 6.54 Å². The van der Waals surface area contributed by atoms with Crippen LogP contribution < -0.4 is 21.5 Å². The predicted molar refractivity (Wildman–Crippen MR) is 116 cm³/mol. The molecule has 0 aliphatic rings. The topological polar surface area (TPSA) is 98.7 Å². The molecule has 152 valence electrons. The van der Waals surface area contributed by atoms with E-state index in [2.05, 4.69) is 10.6 Å². The van der Waals surface area contributed by atoms with E-state index >= 15 is 0 Å². The molecule has 0 atom stereocenters. The lowest BCUT2D eigenvalue weighted by molar-refractivity contribution is 0.0824. The van der Waals surface area contributed by atoms with Crippen molar-refractivity contribution in [2.24, 2.45) is 0 Å². The molecule has 0 unspecified atom stereocenters. The van der Waals surface area contributed by atoms with Crippen LogP contribution in [0, 0.1) is 0 Å². The van der Waals surface area contributed by atoms with Gasteiger partial charge in [-0.25, -0.2) is 0 Å². The second kappa shape index (κ2) is 9.54. The van der Waals surface area contributed by atoms with Crippen molar-refractivity contribution in [2.75, 3.05) is 24.7 Å². The zero-order valence-electron chi connectivity index (χ0n) is 16.9. The maximum Gasteiger partial charge on any atom is 0.257 e. The van der Waals surface area contributed by atoms with Gasteiger partial charge in [-0.2, -0.15) is 0 Å². The van der Waals surface area contributed by atoms with Crippen molar-refractivity contribution in [3.05, 3.63) is 80.1 Å². The Hall–Kier alpha value is -3.61. The molecule has 0 aliphatic heterocycles. The number of phenols is 1. The minimum atomic E-state index is -0.672.